The van der Waals surface area contributed by atoms with Crippen LogP contribution in [0.15, 0.2) is 24.3 Å². The molecule has 0 radical (unpaired) electrons. The highest BCUT2D eigenvalue weighted by atomic mass is 16.6. The molecule has 0 fully saturated rings. The predicted molar refractivity (Wildman–Crippen MR) is 340 cm³/mol. The van der Waals surface area contributed by atoms with E-state index in [0.717, 1.165) is 57.8 Å². The van der Waals surface area contributed by atoms with Crippen LogP contribution in [0.1, 0.15) is 400 Å². The first-order valence-electron chi connectivity index (χ1n) is 35.3. The number of hydrogen-bond acceptors (Lipinski definition) is 6. The molecule has 0 saturated heterocycles. The molecule has 0 saturated carbocycles. The summed E-state index contributed by atoms with van der Waals surface area (Å²) in [5.41, 5.74) is 0. The van der Waals surface area contributed by atoms with Gasteiger partial charge in [-0.1, -0.05) is 334 Å². The Hall–Kier alpha value is -2.11. The number of ether oxygens (including phenoxy) is 3. The minimum atomic E-state index is -0.768. The Morgan fingerprint density at radius 3 is 0.641 bits per heavy atom. The van der Waals surface area contributed by atoms with Crippen LogP contribution in [0.5, 0.6) is 0 Å². The Bertz CT molecular complexity index is 1260. The lowest BCUT2D eigenvalue weighted by molar-refractivity contribution is -0.167. The van der Waals surface area contributed by atoms with Crippen molar-refractivity contribution in [1.82, 2.24) is 0 Å². The van der Waals surface area contributed by atoms with Gasteiger partial charge < -0.3 is 14.2 Å². The van der Waals surface area contributed by atoms with Crippen molar-refractivity contribution in [2.24, 2.45) is 0 Å². The topological polar surface area (TPSA) is 78.9 Å². The summed E-state index contributed by atoms with van der Waals surface area (Å²) in [6, 6.07) is 0. The Morgan fingerprint density at radius 2 is 0.423 bits per heavy atom. The van der Waals surface area contributed by atoms with Gasteiger partial charge in [0.2, 0.25) is 0 Å². The molecular formula is C72H136O6. The molecular weight excluding hydrogens is 961 g/mol. The van der Waals surface area contributed by atoms with E-state index in [0.29, 0.717) is 19.3 Å². The molecule has 0 bridgehead atoms. The third-order valence-electron chi connectivity index (χ3n) is 16.2. The fourth-order valence-corrected chi connectivity index (χ4v) is 10.8. The van der Waals surface area contributed by atoms with Crippen LogP contribution in [0.3, 0.4) is 0 Å². The van der Waals surface area contributed by atoms with Gasteiger partial charge in [0.15, 0.2) is 6.10 Å². The van der Waals surface area contributed by atoms with E-state index in [9.17, 15) is 14.4 Å². The predicted octanol–water partition coefficient (Wildman–Crippen LogP) is 24.2. The Balaban J connectivity index is 4.14. The number of unbranched alkanes of at least 4 members (excludes halogenated alkanes) is 51. The van der Waals surface area contributed by atoms with E-state index in [1.165, 1.54) is 302 Å². The molecule has 0 aliphatic rings. The lowest BCUT2D eigenvalue weighted by Gasteiger charge is -2.18. The van der Waals surface area contributed by atoms with Crippen molar-refractivity contribution in [1.29, 1.82) is 0 Å². The van der Waals surface area contributed by atoms with Crippen molar-refractivity contribution in [3.05, 3.63) is 24.3 Å². The summed E-state index contributed by atoms with van der Waals surface area (Å²) in [6.07, 6.45) is 82.2. The van der Waals surface area contributed by atoms with Crippen molar-refractivity contribution in [2.45, 2.75) is 406 Å². The van der Waals surface area contributed by atoms with Gasteiger partial charge in [0.25, 0.3) is 0 Å². The van der Waals surface area contributed by atoms with Gasteiger partial charge in [-0.2, -0.15) is 0 Å². The molecule has 78 heavy (non-hydrogen) atoms. The van der Waals surface area contributed by atoms with Crippen LogP contribution in [-0.2, 0) is 28.6 Å². The average molecular weight is 1100 g/mol. The van der Waals surface area contributed by atoms with Gasteiger partial charge in [-0.05, 0) is 70.6 Å². The first kappa shape index (κ1) is 75.9. The van der Waals surface area contributed by atoms with E-state index >= 15 is 0 Å². The third-order valence-corrected chi connectivity index (χ3v) is 16.2. The van der Waals surface area contributed by atoms with Gasteiger partial charge in [-0.3, -0.25) is 14.4 Å². The number of rotatable bonds is 66. The standard InChI is InChI=1S/C72H136O6/c1-4-7-10-13-16-19-22-24-26-28-30-32-34-36-38-40-42-44-46-48-50-53-56-59-62-65-71(74)77-68-69(67-76-70(73)64-61-58-55-52-21-18-15-12-9-6-3)78-72(75)66-63-60-57-54-51-49-47-45-43-41-39-37-35-33-31-29-27-25-23-20-17-14-11-8-5-2/h28-31,69H,4-27,32-68H2,1-3H3/b30-28-,31-29-. The molecule has 0 aliphatic heterocycles. The lowest BCUT2D eigenvalue weighted by Crippen LogP contribution is -2.30. The summed E-state index contributed by atoms with van der Waals surface area (Å²) in [7, 11) is 0. The fourth-order valence-electron chi connectivity index (χ4n) is 10.8. The van der Waals surface area contributed by atoms with E-state index in [4.69, 9.17) is 14.2 Å². The fraction of sp³-hybridized carbons (Fsp3) is 0.903. The first-order chi connectivity index (χ1) is 38.5. The Labute approximate surface area is 487 Å². The molecule has 0 aliphatic carbocycles. The molecule has 0 N–H and O–H groups in total. The minimum absolute atomic E-state index is 0.0655. The van der Waals surface area contributed by atoms with Gasteiger partial charge >= 0.3 is 17.9 Å². The first-order valence-corrected chi connectivity index (χ1v) is 35.3. The second-order valence-electron chi connectivity index (χ2n) is 24.1. The summed E-state index contributed by atoms with van der Waals surface area (Å²) in [4.78, 5) is 38.3. The molecule has 0 aromatic carbocycles. The molecule has 460 valence electrons. The summed E-state index contributed by atoms with van der Waals surface area (Å²) in [5, 5.41) is 0. The van der Waals surface area contributed by atoms with Gasteiger partial charge in [0, 0.05) is 19.3 Å². The highest BCUT2D eigenvalue weighted by molar-refractivity contribution is 5.71. The maximum atomic E-state index is 12.9. The van der Waals surface area contributed by atoms with Gasteiger partial charge in [-0.25, -0.2) is 0 Å². The number of carbonyl (C=O) groups is 3. The summed E-state index contributed by atoms with van der Waals surface area (Å²) in [6.45, 7) is 6.70. The highest BCUT2D eigenvalue weighted by Gasteiger charge is 2.19. The largest absolute Gasteiger partial charge is 0.462 e. The zero-order valence-corrected chi connectivity index (χ0v) is 53.0. The normalized spacial score (nSPS) is 12.1. The van der Waals surface area contributed by atoms with E-state index in [1.54, 1.807) is 0 Å². The number of esters is 3. The molecule has 0 amide bonds. The molecule has 0 aromatic rings. The quantitative estimate of drug-likeness (QED) is 0.0261. The highest BCUT2D eigenvalue weighted by Crippen LogP contribution is 2.18. The zero-order valence-electron chi connectivity index (χ0n) is 53.0. The number of hydrogen-bond donors (Lipinski definition) is 0. The maximum absolute atomic E-state index is 12.9. The molecule has 1 unspecified atom stereocenters. The van der Waals surface area contributed by atoms with Crippen LogP contribution in [-0.4, -0.2) is 37.2 Å². The zero-order chi connectivity index (χ0) is 56.4. The van der Waals surface area contributed by atoms with Gasteiger partial charge in [0.1, 0.15) is 13.2 Å². The van der Waals surface area contributed by atoms with Crippen molar-refractivity contribution >= 4 is 17.9 Å². The van der Waals surface area contributed by atoms with Crippen molar-refractivity contribution in [3.63, 3.8) is 0 Å². The molecule has 0 rings (SSSR count). The number of allylic oxidation sites excluding steroid dienone is 4. The van der Waals surface area contributed by atoms with Crippen LogP contribution in [0.25, 0.3) is 0 Å². The second-order valence-corrected chi connectivity index (χ2v) is 24.1. The third kappa shape index (κ3) is 64.7. The molecule has 0 aromatic heterocycles. The molecule has 1 atom stereocenters. The Kier molecular flexibility index (Phi) is 65.6. The smallest absolute Gasteiger partial charge is 0.306 e. The lowest BCUT2D eigenvalue weighted by atomic mass is 10.0. The van der Waals surface area contributed by atoms with E-state index in [2.05, 4.69) is 45.1 Å². The van der Waals surface area contributed by atoms with Crippen LogP contribution >= 0.6 is 0 Å². The monoisotopic (exact) mass is 1100 g/mol. The average Bonchev–Trinajstić information content (AvgIpc) is 3.44. The van der Waals surface area contributed by atoms with E-state index in [-0.39, 0.29) is 31.1 Å². The van der Waals surface area contributed by atoms with Gasteiger partial charge in [0.05, 0.1) is 0 Å². The van der Waals surface area contributed by atoms with Crippen LogP contribution in [0.4, 0.5) is 0 Å². The van der Waals surface area contributed by atoms with Crippen LogP contribution in [0, 0.1) is 0 Å². The van der Waals surface area contributed by atoms with E-state index in [1.807, 2.05) is 0 Å². The second kappa shape index (κ2) is 67.4. The maximum Gasteiger partial charge on any atom is 0.306 e. The van der Waals surface area contributed by atoms with E-state index < -0.39 is 6.10 Å². The summed E-state index contributed by atoms with van der Waals surface area (Å²) >= 11 is 0. The van der Waals surface area contributed by atoms with Crippen molar-refractivity contribution < 1.29 is 28.6 Å². The molecule has 0 heterocycles. The summed E-state index contributed by atoms with van der Waals surface area (Å²) < 4.78 is 17.0. The number of carbonyl (C=O) groups excluding carboxylic acids is 3. The minimum Gasteiger partial charge on any atom is -0.462 e. The van der Waals surface area contributed by atoms with Crippen LogP contribution < -0.4 is 0 Å². The molecule has 0 spiro atoms. The summed E-state index contributed by atoms with van der Waals surface area (Å²) in [5.74, 6) is -0.838. The van der Waals surface area contributed by atoms with Crippen LogP contribution in [0.2, 0.25) is 0 Å². The van der Waals surface area contributed by atoms with Gasteiger partial charge in [-0.15, -0.1) is 0 Å². The SMILES string of the molecule is CCCCCCCCCC/C=C\CCCCCCCCCCCCCCCC(=O)OCC(COC(=O)CCCCCCCCCCCC)OC(=O)CCCCCCCCCCCCCCC/C=C\CCCCCCCCCC. The Morgan fingerprint density at radius 1 is 0.244 bits per heavy atom. The molecule has 6 nitrogen and oxygen atoms in total. The van der Waals surface area contributed by atoms with Crippen molar-refractivity contribution in [2.75, 3.05) is 13.2 Å². The van der Waals surface area contributed by atoms with Crippen molar-refractivity contribution in [3.8, 4) is 0 Å². The molecule has 6 heteroatoms.